The van der Waals surface area contributed by atoms with Crippen LogP contribution >= 0.6 is 0 Å². The van der Waals surface area contributed by atoms with E-state index < -0.39 is 13.1 Å². The summed E-state index contributed by atoms with van der Waals surface area (Å²) in [5.41, 5.74) is 0. The molecule has 126 valence electrons. The number of carbonyl (C=O) groups is 1. The Kier molecular flexibility index (Phi) is 6.72. The summed E-state index contributed by atoms with van der Waals surface area (Å²) in [4.78, 5) is 14.0. The van der Waals surface area contributed by atoms with E-state index in [1.54, 1.807) is 0 Å². The quantitative estimate of drug-likeness (QED) is 0.538. The molecule has 2 fully saturated rings. The van der Waals surface area contributed by atoms with Gasteiger partial charge in [0.2, 0.25) is 0 Å². The smallest absolute Gasteiger partial charge is 0.451 e. The molecule has 0 radical (unpaired) electrons. The van der Waals surface area contributed by atoms with Crippen LogP contribution in [-0.2, 0) is 4.79 Å². The Balaban J connectivity index is 1.79. The molecule has 2 atom stereocenters. The Morgan fingerprint density at radius 3 is 2.18 bits per heavy atom. The van der Waals surface area contributed by atoms with Gasteiger partial charge in [0.05, 0.1) is 5.92 Å². The van der Waals surface area contributed by atoms with Gasteiger partial charge in [-0.15, -0.1) is 0 Å². The summed E-state index contributed by atoms with van der Waals surface area (Å²) in [6, 6.07) is 1.25. The Morgan fingerprint density at radius 1 is 1.14 bits per heavy atom. The van der Waals surface area contributed by atoms with Crippen molar-refractivity contribution >= 4 is 13.1 Å². The highest BCUT2D eigenvalue weighted by molar-refractivity contribution is 6.40. The van der Waals surface area contributed by atoms with Gasteiger partial charge in [-0.3, -0.25) is 9.69 Å². The van der Waals surface area contributed by atoms with E-state index in [2.05, 4.69) is 11.8 Å². The zero-order valence-electron chi connectivity index (χ0n) is 13.7. The van der Waals surface area contributed by atoms with Crippen LogP contribution in [-0.4, -0.2) is 51.8 Å². The fraction of sp³-hybridized carbons (Fsp3) is 0.938. The van der Waals surface area contributed by atoms with Crippen LogP contribution in [0.1, 0.15) is 58.3 Å². The van der Waals surface area contributed by atoms with Crippen molar-refractivity contribution in [3.63, 3.8) is 0 Å². The number of carboxylic acids is 1. The van der Waals surface area contributed by atoms with Gasteiger partial charge in [0.25, 0.3) is 0 Å². The minimum Gasteiger partial charge on any atom is -0.481 e. The molecular weight excluding hydrogens is 281 g/mol. The van der Waals surface area contributed by atoms with E-state index in [9.17, 15) is 9.90 Å². The van der Waals surface area contributed by atoms with Crippen molar-refractivity contribution < 1.29 is 19.9 Å². The lowest BCUT2D eigenvalue weighted by Gasteiger charge is -2.26. The number of nitrogens with zero attached hydrogens (tertiary/aromatic N) is 1. The molecule has 0 aromatic carbocycles. The third-order valence-electron chi connectivity index (χ3n) is 5.72. The van der Waals surface area contributed by atoms with Crippen molar-refractivity contribution in [1.82, 2.24) is 4.90 Å². The third-order valence-corrected chi connectivity index (χ3v) is 5.72. The number of fused-ring (bicyclic) bond motifs is 2. The van der Waals surface area contributed by atoms with Gasteiger partial charge in [0, 0.05) is 18.6 Å². The van der Waals surface area contributed by atoms with Gasteiger partial charge in [-0.25, -0.2) is 0 Å². The van der Waals surface area contributed by atoms with Crippen molar-refractivity contribution in [2.45, 2.75) is 76.7 Å². The van der Waals surface area contributed by atoms with E-state index in [0.717, 1.165) is 19.3 Å². The fourth-order valence-corrected chi connectivity index (χ4v) is 4.24. The molecular formula is C16H30BNO4. The SMILES string of the molecule is CC[C@H](CCB(O)O)CC[C@@H](CN1C2CCC1CC2)C(=O)O. The molecule has 0 aliphatic carbocycles. The summed E-state index contributed by atoms with van der Waals surface area (Å²) in [5, 5.41) is 27.5. The lowest BCUT2D eigenvalue weighted by Crippen LogP contribution is -2.36. The van der Waals surface area contributed by atoms with Crippen LogP contribution in [0.3, 0.4) is 0 Å². The topological polar surface area (TPSA) is 81.0 Å². The Labute approximate surface area is 133 Å². The first kappa shape index (κ1) is 17.8. The molecule has 2 heterocycles. The normalized spacial score (nSPS) is 27.0. The summed E-state index contributed by atoms with van der Waals surface area (Å²) in [6.45, 7) is 2.79. The minimum absolute atomic E-state index is 0.283. The molecule has 0 saturated carbocycles. The molecule has 0 aromatic heterocycles. The van der Waals surface area contributed by atoms with Crippen LogP contribution in [0.5, 0.6) is 0 Å². The predicted octanol–water partition coefficient (Wildman–Crippen LogP) is 1.98. The second-order valence-corrected chi connectivity index (χ2v) is 7.10. The van der Waals surface area contributed by atoms with E-state index in [1.165, 1.54) is 25.7 Å². The molecule has 22 heavy (non-hydrogen) atoms. The average Bonchev–Trinajstić information content (AvgIpc) is 3.04. The van der Waals surface area contributed by atoms with Gasteiger partial charge < -0.3 is 15.2 Å². The van der Waals surface area contributed by atoms with Gasteiger partial charge >= 0.3 is 13.1 Å². The molecule has 2 bridgehead atoms. The molecule has 5 nitrogen and oxygen atoms in total. The van der Waals surface area contributed by atoms with E-state index in [1.807, 2.05) is 0 Å². The van der Waals surface area contributed by atoms with Crippen molar-refractivity contribution in [2.75, 3.05) is 6.54 Å². The van der Waals surface area contributed by atoms with E-state index in [-0.39, 0.29) is 5.92 Å². The highest BCUT2D eigenvalue weighted by atomic mass is 16.4. The highest BCUT2D eigenvalue weighted by Gasteiger charge is 2.40. The molecule has 0 unspecified atom stereocenters. The molecule has 3 N–H and O–H groups in total. The summed E-state index contributed by atoms with van der Waals surface area (Å²) in [5.74, 6) is -0.573. The second kappa shape index (κ2) is 8.32. The summed E-state index contributed by atoms with van der Waals surface area (Å²) in [7, 11) is -1.25. The molecule has 0 aromatic rings. The van der Waals surface area contributed by atoms with Crippen LogP contribution < -0.4 is 0 Å². The molecule has 2 aliphatic heterocycles. The summed E-state index contributed by atoms with van der Waals surface area (Å²) >= 11 is 0. The Bertz CT molecular complexity index is 346. The minimum atomic E-state index is -1.25. The fourth-order valence-electron chi connectivity index (χ4n) is 4.24. The molecule has 6 heteroatoms. The van der Waals surface area contributed by atoms with E-state index in [0.29, 0.717) is 37.3 Å². The van der Waals surface area contributed by atoms with E-state index in [4.69, 9.17) is 10.0 Å². The largest absolute Gasteiger partial charge is 0.481 e. The van der Waals surface area contributed by atoms with Crippen LogP contribution in [0, 0.1) is 11.8 Å². The van der Waals surface area contributed by atoms with Gasteiger partial charge in [0.1, 0.15) is 0 Å². The molecule has 2 saturated heterocycles. The Hall–Kier alpha value is -0.585. The van der Waals surface area contributed by atoms with Gasteiger partial charge in [0.15, 0.2) is 0 Å². The van der Waals surface area contributed by atoms with Crippen molar-refractivity contribution in [3.8, 4) is 0 Å². The highest BCUT2D eigenvalue weighted by Crippen LogP contribution is 2.38. The first-order valence-electron chi connectivity index (χ1n) is 8.86. The maximum Gasteiger partial charge on any atom is 0.451 e. The first-order valence-corrected chi connectivity index (χ1v) is 8.86. The number of aliphatic carboxylic acids is 1. The lowest BCUT2D eigenvalue weighted by molar-refractivity contribution is -0.142. The molecule has 0 spiro atoms. The number of carboxylic acid groups (broad SMARTS) is 1. The van der Waals surface area contributed by atoms with Crippen LogP contribution in [0.15, 0.2) is 0 Å². The number of hydrogen-bond donors (Lipinski definition) is 3. The van der Waals surface area contributed by atoms with E-state index >= 15 is 0 Å². The first-order chi connectivity index (χ1) is 10.5. The molecule has 2 rings (SSSR count). The Morgan fingerprint density at radius 2 is 1.73 bits per heavy atom. The van der Waals surface area contributed by atoms with Crippen molar-refractivity contribution in [2.24, 2.45) is 11.8 Å². The van der Waals surface area contributed by atoms with Crippen LogP contribution in [0.25, 0.3) is 0 Å². The average molecular weight is 311 g/mol. The van der Waals surface area contributed by atoms with Gasteiger partial charge in [-0.05, 0) is 50.8 Å². The van der Waals surface area contributed by atoms with Crippen molar-refractivity contribution in [3.05, 3.63) is 0 Å². The third kappa shape index (κ3) is 4.70. The lowest BCUT2D eigenvalue weighted by atomic mass is 9.78. The van der Waals surface area contributed by atoms with Crippen LogP contribution in [0.2, 0.25) is 6.32 Å². The summed E-state index contributed by atoms with van der Waals surface area (Å²) < 4.78 is 0. The monoisotopic (exact) mass is 311 g/mol. The van der Waals surface area contributed by atoms with Crippen LogP contribution in [0.4, 0.5) is 0 Å². The standard InChI is InChI=1S/C16H30BNO4/c1-2-12(9-10-17(21)22)3-4-13(16(19)20)11-18-14-5-6-15(18)8-7-14/h12-15,21-22H,2-11H2,1H3,(H,19,20)/t12-,13-,14?,15?/m0/s1. The maximum atomic E-state index is 11.6. The maximum absolute atomic E-state index is 11.6. The number of rotatable bonds is 10. The number of hydrogen-bond acceptors (Lipinski definition) is 4. The zero-order chi connectivity index (χ0) is 16.1. The van der Waals surface area contributed by atoms with Crippen molar-refractivity contribution in [1.29, 1.82) is 0 Å². The predicted molar refractivity (Wildman–Crippen MR) is 86.5 cm³/mol. The second-order valence-electron chi connectivity index (χ2n) is 7.10. The summed E-state index contributed by atoms with van der Waals surface area (Å²) in [6.07, 6.45) is 8.63. The van der Waals surface area contributed by atoms with Gasteiger partial charge in [-0.1, -0.05) is 19.8 Å². The molecule has 2 aliphatic rings. The molecule has 0 amide bonds. The zero-order valence-corrected chi connectivity index (χ0v) is 13.7. The van der Waals surface area contributed by atoms with Gasteiger partial charge in [-0.2, -0.15) is 0 Å².